The van der Waals surface area contributed by atoms with Crippen molar-refractivity contribution >= 4 is 0 Å². The van der Waals surface area contributed by atoms with Gasteiger partial charge in [-0.15, -0.1) is 0 Å². The van der Waals surface area contributed by atoms with Crippen LogP contribution in [-0.4, -0.2) is 4.98 Å². The largest absolute Gasteiger partial charge is 0.463 e. The average Bonchev–Trinajstić information content (AvgIpc) is 3.36. The normalized spacial score (nSPS) is 12.2. The van der Waals surface area contributed by atoms with Crippen molar-refractivity contribution in [1.82, 2.24) is 4.98 Å². The monoisotopic (exact) mass is 331 g/mol. The van der Waals surface area contributed by atoms with Gasteiger partial charge in [0.05, 0.1) is 12.5 Å². The number of rotatable bonds is 6. The van der Waals surface area contributed by atoms with Crippen LogP contribution in [0.4, 0.5) is 0 Å². The van der Waals surface area contributed by atoms with Crippen molar-refractivity contribution in [3.8, 4) is 11.3 Å². The Balaban J connectivity index is 1.51. The third-order valence-electron chi connectivity index (χ3n) is 4.15. The van der Waals surface area contributed by atoms with Crippen LogP contribution < -0.4 is 5.32 Å². The first-order chi connectivity index (χ1) is 12.4. The van der Waals surface area contributed by atoms with Gasteiger partial charge in [0.2, 0.25) is 0 Å². The number of aromatic nitrogens is 1. The summed E-state index contributed by atoms with van der Waals surface area (Å²) in [6, 6.07) is 24.3. The summed E-state index contributed by atoms with van der Waals surface area (Å²) < 4.78 is 11.5. The fraction of sp³-hybridized carbons (Fsp3) is 0.0952. The summed E-state index contributed by atoms with van der Waals surface area (Å²) in [6.45, 7) is 0.632. The standard InChI is InChI=1S/C21H18N2O2/c1-3-8-16(9-4-1)19-14-22-20(25-19)15-23-21(18-12-7-13-24-18)17-10-5-2-6-11-17/h1-14,21,23H,15H2/p+1/t21-/m1/s1. The molecule has 0 aliphatic rings. The molecule has 0 fully saturated rings. The molecule has 2 heterocycles. The maximum absolute atomic E-state index is 5.90. The molecule has 4 rings (SSSR count). The zero-order chi connectivity index (χ0) is 16.9. The smallest absolute Gasteiger partial charge is 0.250 e. The number of furan rings is 1. The summed E-state index contributed by atoms with van der Waals surface area (Å²) in [5.74, 6) is 2.41. The molecule has 0 spiro atoms. The Kier molecular flexibility index (Phi) is 4.44. The highest BCUT2D eigenvalue weighted by atomic mass is 16.4. The van der Waals surface area contributed by atoms with E-state index in [0.29, 0.717) is 12.4 Å². The number of quaternary nitrogens is 1. The van der Waals surface area contributed by atoms with E-state index < -0.39 is 0 Å². The quantitative estimate of drug-likeness (QED) is 0.585. The molecule has 0 aliphatic heterocycles. The van der Waals surface area contributed by atoms with Gasteiger partial charge in [0.15, 0.2) is 24.1 Å². The van der Waals surface area contributed by atoms with Crippen LogP contribution in [0.2, 0.25) is 0 Å². The number of hydrogen-bond donors (Lipinski definition) is 1. The van der Waals surface area contributed by atoms with Gasteiger partial charge in [-0.3, -0.25) is 0 Å². The van der Waals surface area contributed by atoms with Crippen molar-refractivity contribution in [1.29, 1.82) is 0 Å². The Labute approximate surface area is 146 Å². The van der Waals surface area contributed by atoms with E-state index in [-0.39, 0.29) is 6.04 Å². The molecule has 4 nitrogen and oxygen atoms in total. The molecule has 0 saturated carbocycles. The second kappa shape index (κ2) is 7.20. The highest BCUT2D eigenvalue weighted by Gasteiger charge is 2.21. The third-order valence-corrected chi connectivity index (χ3v) is 4.15. The predicted octanol–water partition coefficient (Wildman–Crippen LogP) is 3.79. The van der Waals surface area contributed by atoms with Crippen molar-refractivity contribution in [3.05, 3.63) is 102 Å². The minimum atomic E-state index is 0.0725. The lowest BCUT2D eigenvalue weighted by Gasteiger charge is -2.12. The van der Waals surface area contributed by atoms with Crippen LogP contribution in [0.15, 0.2) is 94.1 Å². The zero-order valence-electron chi connectivity index (χ0n) is 13.7. The lowest BCUT2D eigenvalue weighted by atomic mass is 10.0. The van der Waals surface area contributed by atoms with E-state index in [1.165, 1.54) is 5.56 Å². The van der Waals surface area contributed by atoms with Gasteiger partial charge in [0.25, 0.3) is 5.89 Å². The second-order valence-electron chi connectivity index (χ2n) is 5.83. The molecule has 0 radical (unpaired) electrons. The minimum Gasteiger partial charge on any atom is -0.463 e. The molecule has 0 amide bonds. The van der Waals surface area contributed by atoms with E-state index in [9.17, 15) is 0 Å². The van der Waals surface area contributed by atoms with Crippen LogP contribution in [0.3, 0.4) is 0 Å². The van der Waals surface area contributed by atoms with Gasteiger partial charge < -0.3 is 14.2 Å². The van der Waals surface area contributed by atoms with Gasteiger partial charge in [0, 0.05) is 11.1 Å². The first-order valence-corrected chi connectivity index (χ1v) is 8.32. The minimum absolute atomic E-state index is 0.0725. The summed E-state index contributed by atoms with van der Waals surface area (Å²) in [5.41, 5.74) is 2.22. The maximum Gasteiger partial charge on any atom is 0.250 e. The van der Waals surface area contributed by atoms with E-state index in [0.717, 1.165) is 17.1 Å². The van der Waals surface area contributed by atoms with E-state index in [4.69, 9.17) is 8.83 Å². The molecule has 2 aromatic heterocycles. The van der Waals surface area contributed by atoms with E-state index in [1.807, 2.05) is 60.7 Å². The number of benzene rings is 2. The molecule has 124 valence electrons. The summed E-state index contributed by atoms with van der Waals surface area (Å²) in [7, 11) is 0. The maximum atomic E-state index is 5.90. The third kappa shape index (κ3) is 3.54. The van der Waals surface area contributed by atoms with Gasteiger partial charge in [0.1, 0.15) is 0 Å². The van der Waals surface area contributed by atoms with Crippen LogP contribution >= 0.6 is 0 Å². The van der Waals surface area contributed by atoms with E-state index >= 15 is 0 Å². The van der Waals surface area contributed by atoms with Crippen LogP contribution in [-0.2, 0) is 6.54 Å². The zero-order valence-corrected chi connectivity index (χ0v) is 13.7. The van der Waals surface area contributed by atoms with Crippen LogP contribution in [0.25, 0.3) is 11.3 Å². The Morgan fingerprint density at radius 2 is 1.64 bits per heavy atom. The van der Waals surface area contributed by atoms with Gasteiger partial charge in [-0.25, -0.2) is 4.98 Å². The summed E-state index contributed by atoms with van der Waals surface area (Å²) in [6.07, 6.45) is 3.49. The first-order valence-electron chi connectivity index (χ1n) is 8.32. The SMILES string of the molecule is c1ccc(-c2cnc(C[NH2+][C@H](c3ccccc3)c3ccco3)o2)cc1. The Hall–Kier alpha value is -3.11. The number of nitrogens with two attached hydrogens (primary N) is 1. The molecule has 2 aromatic carbocycles. The lowest BCUT2D eigenvalue weighted by Crippen LogP contribution is -2.83. The van der Waals surface area contributed by atoms with E-state index in [2.05, 4.69) is 22.4 Å². The molecule has 0 bridgehead atoms. The number of hydrogen-bond acceptors (Lipinski definition) is 3. The summed E-state index contributed by atoms with van der Waals surface area (Å²) in [5, 5.41) is 2.18. The van der Waals surface area contributed by atoms with Gasteiger partial charge in [-0.05, 0) is 12.1 Å². The van der Waals surface area contributed by atoms with Crippen molar-refractivity contribution in [2.24, 2.45) is 0 Å². The molecule has 4 heteroatoms. The second-order valence-corrected chi connectivity index (χ2v) is 5.83. The van der Waals surface area contributed by atoms with Crippen molar-refractivity contribution in [2.45, 2.75) is 12.6 Å². The summed E-state index contributed by atoms with van der Waals surface area (Å²) in [4.78, 5) is 4.41. The Bertz CT molecular complexity index is 900. The van der Waals surface area contributed by atoms with Crippen LogP contribution in [0.5, 0.6) is 0 Å². The van der Waals surface area contributed by atoms with Crippen LogP contribution in [0.1, 0.15) is 23.3 Å². The molecule has 0 saturated heterocycles. The first kappa shape index (κ1) is 15.4. The fourth-order valence-electron chi connectivity index (χ4n) is 2.90. The van der Waals surface area contributed by atoms with Crippen molar-refractivity contribution in [3.63, 3.8) is 0 Å². The highest BCUT2D eigenvalue weighted by Crippen LogP contribution is 2.21. The summed E-state index contributed by atoms with van der Waals surface area (Å²) >= 11 is 0. The Morgan fingerprint density at radius 3 is 2.36 bits per heavy atom. The van der Waals surface area contributed by atoms with E-state index in [1.54, 1.807) is 12.5 Å². The molecular formula is C21H19N2O2+. The van der Waals surface area contributed by atoms with Crippen molar-refractivity contribution < 1.29 is 14.2 Å². The van der Waals surface area contributed by atoms with Gasteiger partial charge in [-0.2, -0.15) is 0 Å². The topological polar surface area (TPSA) is 55.8 Å². The molecule has 4 aromatic rings. The fourth-order valence-corrected chi connectivity index (χ4v) is 2.90. The lowest BCUT2D eigenvalue weighted by molar-refractivity contribution is -0.706. The average molecular weight is 331 g/mol. The highest BCUT2D eigenvalue weighted by molar-refractivity contribution is 5.55. The predicted molar refractivity (Wildman–Crippen MR) is 94.6 cm³/mol. The number of nitrogens with zero attached hydrogens (tertiary/aromatic N) is 1. The molecule has 2 N–H and O–H groups in total. The molecule has 0 unspecified atom stereocenters. The van der Waals surface area contributed by atoms with Crippen LogP contribution in [0, 0.1) is 0 Å². The number of oxazole rings is 1. The molecule has 1 atom stereocenters. The molecular weight excluding hydrogens is 312 g/mol. The molecule has 0 aliphatic carbocycles. The molecule has 25 heavy (non-hydrogen) atoms. The Morgan fingerprint density at radius 1 is 0.880 bits per heavy atom. The van der Waals surface area contributed by atoms with Gasteiger partial charge in [-0.1, -0.05) is 60.7 Å². The van der Waals surface area contributed by atoms with Gasteiger partial charge >= 0.3 is 0 Å². The van der Waals surface area contributed by atoms with Crippen molar-refractivity contribution in [2.75, 3.05) is 0 Å².